The average molecular weight is 428 g/mol. The summed E-state index contributed by atoms with van der Waals surface area (Å²) in [5.41, 5.74) is 0.883. The number of rotatable bonds is 7. The van der Waals surface area contributed by atoms with E-state index in [-0.39, 0.29) is 5.75 Å². The van der Waals surface area contributed by atoms with Crippen LogP contribution in [0.5, 0.6) is 0 Å². The monoisotopic (exact) mass is 427 g/mol. The van der Waals surface area contributed by atoms with Crippen LogP contribution in [0, 0.1) is 0 Å². The number of hydrogen-bond acceptors (Lipinski definition) is 7. The molecular weight excluding hydrogens is 414 g/mol. The van der Waals surface area contributed by atoms with Crippen LogP contribution in [0.1, 0.15) is 0 Å². The number of urea groups is 1. The zero-order chi connectivity index (χ0) is 17.4. The number of thioether (sulfide) groups is 1. The summed E-state index contributed by atoms with van der Waals surface area (Å²) in [6, 6.07) is 7.12. The zero-order valence-electron chi connectivity index (χ0n) is 12.4. The highest BCUT2D eigenvalue weighted by Gasteiger charge is 2.10. The van der Waals surface area contributed by atoms with E-state index in [1.807, 2.05) is 24.3 Å². The third-order valence-electron chi connectivity index (χ3n) is 2.47. The van der Waals surface area contributed by atoms with Crippen LogP contribution in [-0.2, 0) is 4.79 Å². The summed E-state index contributed by atoms with van der Waals surface area (Å²) in [6.07, 6.45) is 1.53. The minimum atomic E-state index is -0.547. The molecule has 0 aliphatic rings. The van der Waals surface area contributed by atoms with Crippen molar-refractivity contribution >= 4 is 61.8 Å². The Labute approximate surface area is 155 Å². The molecule has 0 radical (unpaired) electrons. The van der Waals surface area contributed by atoms with Crippen molar-refractivity contribution < 1.29 is 9.59 Å². The Morgan fingerprint density at radius 1 is 1.38 bits per heavy atom. The van der Waals surface area contributed by atoms with Gasteiger partial charge in [0.2, 0.25) is 11.0 Å². The molecule has 1 aromatic heterocycles. The number of halogens is 1. The maximum absolute atomic E-state index is 11.6. The third kappa shape index (κ3) is 6.30. The summed E-state index contributed by atoms with van der Waals surface area (Å²) in [6.45, 7) is 3.77. The Bertz CT molecular complexity index is 737. The molecule has 10 heteroatoms. The van der Waals surface area contributed by atoms with Crippen molar-refractivity contribution in [2.45, 2.75) is 4.34 Å². The number of nitrogens with zero attached hydrogens (tertiary/aromatic N) is 2. The molecule has 7 nitrogen and oxygen atoms in total. The molecule has 0 bridgehead atoms. The van der Waals surface area contributed by atoms with Gasteiger partial charge in [-0.15, -0.1) is 16.8 Å². The van der Waals surface area contributed by atoms with Gasteiger partial charge in [0.05, 0.1) is 5.75 Å². The Kier molecular flexibility index (Phi) is 7.22. The molecule has 0 aliphatic heterocycles. The van der Waals surface area contributed by atoms with Crippen LogP contribution in [-0.4, -0.2) is 34.4 Å². The van der Waals surface area contributed by atoms with E-state index in [0.717, 1.165) is 10.2 Å². The van der Waals surface area contributed by atoms with Crippen LogP contribution in [0.3, 0.4) is 0 Å². The van der Waals surface area contributed by atoms with Crippen LogP contribution >= 0.6 is 39.0 Å². The first-order valence-electron chi connectivity index (χ1n) is 6.74. The van der Waals surface area contributed by atoms with E-state index >= 15 is 0 Å². The maximum atomic E-state index is 11.6. The fourth-order valence-corrected chi connectivity index (χ4v) is 3.48. The lowest BCUT2D eigenvalue weighted by atomic mass is 10.3. The first kappa shape index (κ1) is 18.4. The van der Waals surface area contributed by atoms with Crippen LogP contribution < -0.4 is 16.0 Å². The largest absolute Gasteiger partial charge is 0.334 e. The minimum Gasteiger partial charge on any atom is -0.334 e. The molecule has 0 saturated carbocycles. The Balaban J connectivity index is 1.80. The number of benzene rings is 1. The van der Waals surface area contributed by atoms with Crippen LogP contribution in [0.15, 0.2) is 45.7 Å². The van der Waals surface area contributed by atoms with E-state index in [2.05, 4.69) is 48.7 Å². The molecule has 2 aromatic rings. The van der Waals surface area contributed by atoms with Gasteiger partial charge in [0.1, 0.15) is 0 Å². The predicted molar refractivity (Wildman–Crippen MR) is 99.8 cm³/mol. The van der Waals surface area contributed by atoms with E-state index in [4.69, 9.17) is 0 Å². The molecule has 0 saturated heterocycles. The standard InChI is InChI=1S/C14H14BrN5O2S2/c1-2-6-16-12(22)18-11(21)8-23-14-20-19-13(24-14)17-10-5-3-4-9(15)7-10/h2-5,7H,1,6,8H2,(H,17,19)(H2,16,18,21,22). The van der Waals surface area contributed by atoms with Crippen LogP contribution in [0.25, 0.3) is 0 Å². The van der Waals surface area contributed by atoms with E-state index < -0.39 is 11.9 Å². The van der Waals surface area contributed by atoms with Crippen molar-refractivity contribution in [3.8, 4) is 0 Å². The molecule has 0 fully saturated rings. The van der Waals surface area contributed by atoms with E-state index in [1.54, 1.807) is 0 Å². The van der Waals surface area contributed by atoms with Gasteiger partial charge in [-0.3, -0.25) is 10.1 Å². The molecule has 0 aliphatic carbocycles. The molecule has 0 spiro atoms. The zero-order valence-corrected chi connectivity index (χ0v) is 15.6. The normalized spacial score (nSPS) is 10.0. The van der Waals surface area contributed by atoms with Gasteiger partial charge in [0.25, 0.3) is 0 Å². The highest BCUT2D eigenvalue weighted by atomic mass is 79.9. The van der Waals surface area contributed by atoms with Crippen molar-refractivity contribution in [1.82, 2.24) is 20.8 Å². The number of anilines is 2. The molecule has 1 heterocycles. The van der Waals surface area contributed by atoms with Gasteiger partial charge >= 0.3 is 6.03 Å². The van der Waals surface area contributed by atoms with Gasteiger partial charge < -0.3 is 10.6 Å². The first-order valence-corrected chi connectivity index (χ1v) is 9.34. The minimum absolute atomic E-state index is 0.0764. The number of carbonyl (C=O) groups excluding carboxylic acids is 2. The molecule has 126 valence electrons. The Morgan fingerprint density at radius 3 is 2.96 bits per heavy atom. The van der Waals surface area contributed by atoms with Gasteiger partial charge in [-0.2, -0.15) is 0 Å². The number of imide groups is 1. The molecular formula is C14H14BrN5O2S2. The Hall–Kier alpha value is -1.91. The second kappa shape index (κ2) is 9.40. The third-order valence-corrected chi connectivity index (χ3v) is 4.93. The average Bonchev–Trinajstić information content (AvgIpc) is 2.98. The molecule has 1 aromatic carbocycles. The van der Waals surface area contributed by atoms with Crippen LogP contribution in [0.2, 0.25) is 0 Å². The second-order valence-corrected chi connectivity index (χ2v) is 7.46. The SMILES string of the molecule is C=CCNC(=O)NC(=O)CSc1nnc(Nc2cccc(Br)c2)s1. The number of carbonyl (C=O) groups is 2. The van der Waals surface area contributed by atoms with Crippen molar-refractivity contribution in [2.75, 3.05) is 17.6 Å². The molecule has 0 unspecified atom stereocenters. The van der Waals surface area contributed by atoms with Gasteiger partial charge in [-0.25, -0.2) is 4.79 Å². The lowest BCUT2D eigenvalue weighted by Gasteiger charge is -2.03. The summed E-state index contributed by atoms with van der Waals surface area (Å²) >= 11 is 5.94. The van der Waals surface area contributed by atoms with Gasteiger partial charge in [-0.1, -0.05) is 51.2 Å². The summed E-state index contributed by atoms with van der Waals surface area (Å²) in [4.78, 5) is 23.0. The Morgan fingerprint density at radius 2 is 2.21 bits per heavy atom. The lowest BCUT2D eigenvalue weighted by Crippen LogP contribution is -2.40. The quantitative estimate of drug-likeness (QED) is 0.463. The summed E-state index contributed by atoms with van der Waals surface area (Å²) in [7, 11) is 0. The number of hydrogen-bond donors (Lipinski definition) is 3. The van der Waals surface area contributed by atoms with Crippen molar-refractivity contribution in [2.24, 2.45) is 0 Å². The maximum Gasteiger partial charge on any atom is 0.321 e. The van der Waals surface area contributed by atoms with Gasteiger partial charge in [0, 0.05) is 16.7 Å². The second-order valence-electron chi connectivity index (χ2n) is 4.34. The summed E-state index contributed by atoms with van der Waals surface area (Å²) < 4.78 is 1.59. The number of nitrogens with one attached hydrogen (secondary N) is 3. The van der Waals surface area contributed by atoms with E-state index in [0.29, 0.717) is 16.0 Å². The molecule has 3 amide bonds. The van der Waals surface area contributed by atoms with Gasteiger partial charge in [0.15, 0.2) is 4.34 Å². The molecule has 2 rings (SSSR count). The summed E-state index contributed by atoms with van der Waals surface area (Å²) in [5.74, 6) is -0.328. The molecule has 3 N–H and O–H groups in total. The topological polar surface area (TPSA) is 96.0 Å². The fraction of sp³-hybridized carbons (Fsp3) is 0.143. The lowest BCUT2D eigenvalue weighted by molar-refractivity contribution is -0.117. The first-order chi connectivity index (χ1) is 11.6. The molecule has 0 atom stereocenters. The number of amides is 3. The molecule has 24 heavy (non-hydrogen) atoms. The highest BCUT2D eigenvalue weighted by molar-refractivity contribution is 9.10. The van der Waals surface area contributed by atoms with E-state index in [9.17, 15) is 9.59 Å². The van der Waals surface area contributed by atoms with Crippen molar-refractivity contribution in [3.63, 3.8) is 0 Å². The predicted octanol–water partition coefficient (Wildman–Crippen LogP) is 3.15. The van der Waals surface area contributed by atoms with E-state index in [1.165, 1.54) is 29.2 Å². The summed E-state index contributed by atoms with van der Waals surface area (Å²) in [5, 5.41) is 16.5. The smallest absolute Gasteiger partial charge is 0.321 e. The van der Waals surface area contributed by atoms with Crippen LogP contribution in [0.4, 0.5) is 15.6 Å². The fourth-order valence-electron chi connectivity index (χ4n) is 1.51. The van der Waals surface area contributed by atoms with Crippen molar-refractivity contribution in [3.05, 3.63) is 41.4 Å². The van der Waals surface area contributed by atoms with Crippen molar-refractivity contribution in [1.29, 1.82) is 0 Å². The number of aromatic nitrogens is 2. The highest BCUT2D eigenvalue weighted by Crippen LogP contribution is 2.28. The van der Waals surface area contributed by atoms with Gasteiger partial charge in [-0.05, 0) is 18.2 Å².